The van der Waals surface area contributed by atoms with Crippen LogP contribution in [0.5, 0.6) is 0 Å². The summed E-state index contributed by atoms with van der Waals surface area (Å²) in [6.07, 6.45) is -3.53. The van der Waals surface area contributed by atoms with Crippen LogP contribution in [-0.2, 0) is 18.9 Å². The second-order valence-corrected chi connectivity index (χ2v) is 9.56. The number of likely N-dealkylation sites (N-methyl/N-ethyl adjacent to an activating group) is 1. The molecule has 0 radical (unpaired) electrons. The lowest BCUT2D eigenvalue weighted by atomic mass is 9.84. The number of aliphatic hydroxyl groups excluding tert-OH is 2. The van der Waals surface area contributed by atoms with Crippen LogP contribution in [0.2, 0.25) is 0 Å². The van der Waals surface area contributed by atoms with Gasteiger partial charge in [-0.05, 0) is 39.4 Å². The van der Waals surface area contributed by atoms with Crippen LogP contribution in [0.1, 0.15) is 26.7 Å². The van der Waals surface area contributed by atoms with Crippen molar-refractivity contribution in [2.45, 2.75) is 93.5 Å². The highest BCUT2D eigenvalue weighted by molar-refractivity contribution is 5.04. The predicted molar refractivity (Wildman–Crippen MR) is 119 cm³/mol. The Hall–Kier alpha value is -0.900. The molecule has 33 heavy (non-hydrogen) atoms. The first-order chi connectivity index (χ1) is 15.5. The van der Waals surface area contributed by atoms with Crippen LogP contribution < -0.4 is 22.9 Å². The highest BCUT2D eigenvalue weighted by Gasteiger charge is 2.52. The van der Waals surface area contributed by atoms with Crippen LogP contribution in [0.15, 0.2) is 11.8 Å². The van der Waals surface area contributed by atoms with E-state index in [1.54, 1.807) is 14.0 Å². The van der Waals surface area contributed by atoms with Crippen molar-refractivity contribution < 1.29 is 34.3 Å². The fourth-order valence-corrected chi connectivity index (χ4v) is 4.88. The van der Waals surface area contributed by atoms with Crippen molar-refractivity contribution in [3.05, 3.63) is 11.8 Å². The van der Waals surface area contributed by atoms with Crippen molar-refractivity contribution in [2.24, 2.45) is 22.9 Å². The molecule has 1 saturated carbocycles. The Morgan fingerprint density at radius 2 is 1.70 bits per heavy atom. The summed E-state index contributed by atoms with van der Waals surface area (Å²) in [4.78, 5) is 1.83. The quantitative estimate of drug-likeness (QED) is 0.195. The highest BCUT2D eigenvalue weighted by Crippen LogP contribution is 2.32. The third kappa shape index (κ3) is 5.68. The van der Waals surface area contributed by atoms with Crippen molar-refractivity contribution in [1.29, 1.82) is 0 Å². The van der Waals surface area contributed by atoms with E-state index in [4.69, 9.17) is 41.9 Å². The third-order valence-corrected chi connectivity index (χ3v) is 6.83. The molecule has 1 saturated heterocycles. The van der Waals surface area contributed by atoms with Crippen LogP contribution in [0.4, 0.5) is 0 Å². The Morgan fingerprint density at radius 3 is 2.27 bits per heavy atom. The predicted octanol–water partition coefficient (Wildman–Crippen LogP) is -3.12. The molecule has 3 rings (SSSR count). The summed E-state index contributed by atoms with van der Waals surface area (Å²) >= 11 is 0. The number of aliphatic hydroxyl groups is 3. The van der Waals surface area contributed by atoms with Crippen molar-refractivity contribution >= 4 is 0 Å². The van der Waals surface area contributed by atoms with E-state index in [0.717, 1.165) is 0 Å². The van der Waals surface area contributed by atoms with Gasteiger partial charge in [0.1, 0.15) is 35.8 Å². The Balaban J connectivity index is 1.72. The van der Waals surface area contributed by atoms with Gasteiger partial charge in [-0.15, -0.1) is 0 Å². The van der Waals surface area contributed by atoms with Crippen LogP contribution in [0, 0.1) is 0 Å². The number of hydrogen-bond donors (Lipinski definition) is 7. The Bertz CT molecular complexity index is 683. The summed E-state index contributed by atoms with van der Waals surface area (Å²) in [5.74, 6) is 0.557. The topological polar surface area (TPSA) is 205 Å². The van der Waals surface area contributed by atoms with Crippen molar-refractivity contribution in [2.75, 3.05) is 26.7 Å². The Kier molecular flexibility index (Phi) is 8.73. The first-order valence-corrected chi connectivity index (χ1v) is 11.5. The molecule has 12 nitrogen and oxygen atoms in total. The molecule has 0 aromatic heterocycles. The van der Waals surface area contributed by atoms with Gasteiger partial charge in [-0.3, -0.25) is 4.90 Å². The summed E-state index contributed by atoms with van der Waals surface area (Å²) in [5.41, 5.74) is 23.0. The van der Waals surface area contributed by atoms with Gasteiger partial charge in [0.05, 0.1) is 25.2 Å². The highest BCUT2D eigenvalue weighted by atomic mass is 16.7. The van der Waals surface area contributed by atoms with Crippen LogP contribution in [0.3, 0.4) is 0 Å². The van der Waals surface area contributed by atoms with Gasteiger partial charge in [-0.2, -0.15) is 0 Å². The fourth-order valence-electron chi connectivity index (χ4n) is 4.88. The zero-order chi connectivity index (χ0) is 24.5. The molecular weight excluding hydrogens is 434 g/mol. The van der Waals surface area contributed by atoms with Gasteiger partial charge in [0.15, 0.2) is 6.29 Å². The minimum Gasteiger partial charge on any atom is -0.467 e. The lowest BCUT2D eigenvalue weighted by molar-refractivity contribution is -0.311. The lowest BCUT2D eigenvalue weighted by Gasteiger charge is -2.50. The lowest BCUT2D eigenvalue weighted by Crippen LogP contribution is -2.69. The van der Waals surface area contributed by atoms with Crippen molar-refractivity contribution in [1.82, 2.24) is 4.90 Å². The van der Waals surface area contributed by atoms with Crippen molar-refractivity contribution in [3.63, 3.8) is 0 Å². The van der Waals surface area contributed by atoms with E-state index in [9.17, 15) is 15.3 Å². The van der Waals surface area contributed by atoms with Gasteiger partial charge in [0.2, 0.25) is 6.29 Å². The fraction of sp³-hybridized carbons (Fsp3) is 0.905. The smallest absolute Gasteiger partial charge is 0.215 e. The first kappa shape index (κ1) is 26.7. The maximum absolute atomic E-state index is 11.1. The molecule has 0 amide bonds. The molecule has 0 aromatic rings. The molecule has 2 heterocycles. The van der Waals surface area contributed by atoms with Crippen molar-refractivity contribution in [3.8, 4) is 0 Å². The molecule has 1 aliphatic carbocycles. The summed E-state index contributed by atoms with van der Waals surface area (Å²) in [6, 6.07) is -2.31. The summed E-state index contributed by atoms with van der Waals surface area (Å²) < 4.78 is 23.3. The monoisotopic (exact) mass is 475 g/mol. The van der Waals surface area contributed by atoms with E-state index < -0.39 is 66.8 Å². The Labute approximate surface area is 194 Å². The molecule has 0 aromatic carbocycles. The second kappa shape index (κ2) is 10.8. The number of nitrogens with zero attached hydrogens (tertiary/aromatic N) is 1. The second-order valence-electron chi connectivity index (χ2n) is 9.56. The molecule has 11 N–H and O–H groups in total. The van der Waals surface area contributed by atoms with Crippen LogP contribution in [-0.4, -0.2) is 114 Å². The standard InChI is InChI=1S/C21H41N5O7/c1-4-26(3)18-15(28)20(30-9-21(18,2)29)33-17-13(25)7-12(24)16(14(17)27)32-19-11(23)6-5-10(8-22)31-19/h5,11-20,27-29H,4,6-9,22-25H2,1-3H3/t11-,12+,13-,14+,15-,16-,17+,18-,19-,20-,21+/m1/s1. The van der Waals surface area contributed by atoms with Gasteiger partial charge in [-0.1, -0.05) is 6.92 Å². The van der Waals surface area contributed by atoms with Gasteiger partial charge >= 0.3 is 0 Å². The molecule has 0 spiro atoms. The average molecular weight is 476 g/mol. The third-order valence-electron chi connectivity index (χ3n) is 6.83. The molecule has 2 fully saturated rings. The van der Waals surface area contributed by atoms with E-state index >= 15 is 0 Å². The maximum atomic E-state index is 11.1. The van der Waals surface area contributed by atoms with E-state index in [-0.39, 0.29) is 13.2 Å². The zero-order valence-corrected chi connectivity index (χ0v) is 19.6. The van der Waals surface area contributed by atoms with E-state index in [2.05, 4.69) is 0 Å². The van der Waals surface area contributed by atoms with Gasteiger partial charge in [0, 0.05) is 12.1 Å². The molecule has 11 atom stereocenters. The van der Waals surface area contributed by atoms with Gasteiger partial charge in [0.25, 0.3) is 0 Å². The largest absolute Gasteiger partial charge is 0.467 e. The molecule has 0 bridgehead atoms. The molecule has 12 heteroatoms. The molecule has 2 aliphatic heterocycles. The van der Waals surface area contributed by atoms with E-state index in [1.165, 1.54) is 0 Å². The number of rotatable bonds is 7. The summed E-state index contributed by atoms with van der Waals surface area (Å²) in [6.45, 7) is 4.27. The number of nitrogens with two attached hydrogens (primary N) is 4. The Morgan fingerprint density at radius 1 is 1.09 bits per heavy atom. The van der Waals surface area contributed by atoms with E-state index in [1.807, 2.05) is 17.9 Å². The maximum Gasteiger partial charge on any atom is 0.215 e. The number of hydrogen-bond acceptors (Lipinski definition) is 12. The first-order valence-electron chi connectivity index (χ1n) is 11.5. The summed E-state index contributed by atoms with van der Waals surface area (Å²) in [5, 5.41) is 32.8. The summed E-state index contributed by atoms with van der Waals surface area (Å²) in [7, 11) is 1.80. The van der Waals surface area contributed by atoms with Crippen LogP contribution >= 0.6 is 0 Å². The normalized spacial score (nSPS) is 46.7. The van der Waals surface area contributed by atoms with Gasteiger partial charge < -0.3 is 57.2 Å². The zero-order valence-electron chi connectivity index (χ0n) is 19.6. The van der Waals surface area contributed by atoms with Gasteiger partial charge in [-0.25, -0.2) is 0 Å². The molecule has 3 aliphatic rings. The number of ether oxygens (including phenoxy) is 4. The minimum absolute atomic E-state index is 0.0554. The average Bonchev–Trinajstić information content (AvgIpc) is 2.76. The molecule has 192 valence electrons. The molecular formula is C21H41N5O7. The minimum atomic E-state index is -1.28. The molecule has 0 unspecified atom stereocenters. The van der Waals surface area contributed by atoms with E-state index in [0.29, 0.717) is 25.1 Å². The SMILES string of the molecule is CCN(C)[C@@H]1[C@@H](O)[C@@H](O[C@@H]2[C@@H](O)[C@H](O[C@H]3OC(CN)=CC[C@H]3N)[C@@H](N)C[C@H]2N)OC[C@]1(C)O. The van der Waals surface area contributed by atoms with Crippen LogP contribution in [0.25, 0.3) is 0 Å².